The van der Waals surface area contributed by atoms with Crippen LogP contribution in [0.25, 0.3) is 0 Å². The normalized spacial score (nSPS) is 31.2. The fourth-order valence-corrected chi connectivity index (χ4v) is 3.47. The summed E-state index contributed by atoms with van der Waals surface area (Å²) >= 11 is 0. The van der Waals surface area contributed by atoms with E-state index in [2.05, 4.69) is 15.3 Å². The lowest BCUT2D eigenvalue weighted by Crippen LogP contribution is -2.50. The first kappa shape index (κ1) is 15.5. The molecule has 4 atom stereocenters. The Labute approximate surface area is 141 Å². The summed E-state index contributed by atoms with van der Waals surface area (Å²) in [6.45, 7) is 2.16. The zero-order valence-corrected chi connectivity index (χ0v) is 13.6. The molecule has 0 unspecified atom stereocenters. The predicted molar refractivity (Wildman–Crippen MR) is 87.3 cm³/mol. The minimum Gasteiger partial charge on any atom is -0.368 e. The smallest absolute Gasteiger partial charge is 0.252 e. The lowest BCUT2D eigenvalue weighted by atomic mass is 9.92. The molecule has 1 aliphatic heterocycles. The van der Waals surface area contributed by atoms with Gasteiger partial charge in [0.05, 0.1) is 12.6 Å². The molecule has 1 saturated heterocycles. The van der Waals surface area contributed by atoms with Crippen LogP contribution in [0.15, 0.2) is 30.5 Å². The summed E-state index contributed by atoms with van der Waals surface area (Å²) < 4.78 is 11.6. The maximum atomic E-state index is 12.6. The summed E-state index contributed by atoms with van der Waals surface area (Å²) in [5.74, 6) is 0.641. The van der Waals surface area contributed by atoms with Gasteiger partial charge in [-0.3, -0.25) is 4.79 Å². The second-order valence-corrected chi connectivity index (χ2v) is 6.43. The van der Waals surface area contributed by atoms with Crippen LogP contribution >= 0.6 is 0 Å². The number of allylic oxidation sites excluding steroid dienone is 2. The molecule has 2 heterocycles. The van der Waals surface area contributed by atoms with Gasteiger partial charge in [0.15, 0.2) is 6.10 Å². The first-order valence-electron chi connectivity index (χ1n) is 8.45. The van der Waals surface area contributed by atoms with Crippen molar-refractivity contribution in [2.75, 3.05) is 6.61 Å². The van der Waals surface area contributed by atoms with Crippen molar-refractivity contribution < 1.29 is 14.3 Å². The first-order valence-corrected chi connectivity index (χ1v) is 8.45. The molecule has 1 amide bonds. The van der Waals surface area contributed by atoms with E-state index in [0.717, 1.165) is 36.3 Å². The molecule has 0 bridgehead atoms. The zero-order valence-electron chi connectivity index (χ0n) is 13.6. The summed E-state index contributed by atoms with van der Waals surface area (Å²) in [7, 11) is 0. The lowest BCUT2D eigenvalue weighted by molar-refractivity contribution is -0.168. The Morgan fingerprint density at radius 1 is 1.29 bits per heavy atom. The molecule has 0 radical (unpaired) electrons. The Morgan fingerprint density at radius 2 is 2.12 bits per heavy atom. The highest BCUT2D eigenvalue weighted by Gasteiger charge is 2.35. The monoisotopic (exact) mass is 327 g/mol. The number of carbonyl (C=O) groups excluding carboxylic acids is 1. The maximum Gasteiger partial charge on any atom is 0.252 e. The van der Waals surface area contributed by atoms with Gasteiger partial charge < -0.3 is 14.8 Å². The van der Waals surface area contributed by atoms with Crippen LogP contribution in [-0.4, -0.2) is 40.8 Å². The third-order valence-electron chi connectivity index (χ3n) is 4.71. The van der Waals surface area contributed by atoms with Gasteiger partial charge in [-0.05, 0) is 26.2 Å². The van der Waals surface area contributed by atoms with Gasteiger partial charge in [-0.15, -0.1) is 0 Å². The van der Waals surface area contributed by atoms with E-state index in [-0.39, 0.29) is 30.8 Å². The van der Waals surface area contributed by atoms with Gasteiger partial charge >= 0.3 is 0 Å². The zero-order chi connectivity index (χ0) is 16.5. The number of hydrogen-bond donors (Lipinski definition) is 1. The van der Waals surface area contributed by atoms with Crippen LogP contribution < -0.4 is 5.32 Å². The summed E-state index contributed by atoms with van der Waals surface area (Å²) in [6.07, 6.45) is 11.6. The number of carbonyl (C=O) groups is 1. The summed E-state index contributed by atoms with van der Waals surface area (Å²) in [5, 5.41) is 3.09. The average Bonchev–Trinajstić information content (AvgIpc) is 2.61. The van der Waals surface area contributed by atoms with Crippen molar-refractivity contribution in [3.63, 3.8) is 0 Å². The van der Waals surface area contributed by atoms with Crippen LogP contribution in [0.2, 0.25) is 0 Å². The Balaban J connectivity index is 1.44. The van der Waals surface area contributed by atoms with Crippen molar-refractivity contribution in [2.45, 2.75) is 50.5 Å². The van der Waals surface area contributed by atoms with E-state index < -0.39 is 6.10 Å². The van der Waals surface area contributed by atoms with E-state index in [1.807, 2.05) is 37.4 Å². The summed E-state index contributed by atoms with van der Waals surface area (Å²) in [6, 6.07) is -0.0510. The standard InChI is InChI=1S/C18H21N3O3/c1-11-19-9-12-13(20-11)5-4-6-14(12)21-18(22)17-10-23-15-7-2-3-8-16(15)24-17/h2-3,7-9,14-17H,4-6,10H2,1H3,(H,21,22)/t14-,15+,16-,17-/m0/s1. The van der Waals surface area contributed by atoms with Crippen LogP contribution in [0.5, 0.6) is 0 Å². The predicted octanol–water partition coefficient (Wildman–Crippen LogP) is 1.56. The van der Waals surface area contributed by atoms with Crippen LogP contribution in [0.3, 0.4) is 0 Å². The maximum absolute atomic E-state index is 12.6. The molecular weight excluding hydrogens is 306 g/mol. The first-order chi connectivity index (χ1) is 11.7. The number of rotatable bonds is 2. The number of ether oxygens (including phenoxy) is 2. The second-order valence-electron chi connectivity index (χ2n) is 6.43. The fourth-order valence-electron chi connectivity index (χ4n) is 3.47. The summed E-state index contributed by atoms with van der Waals surface area (Å²) in [5.41, 5.74) is 2.07. The molecule has 1 aromatic rings. The number of nitrogens with zero attached hydrogens (tertiary/aromatic N) is 2. The molecule has 0 aromatic carbocycles. The number of nitrogens with one attached hydrogen (secondary N) is 1. The topological polar surface area (TPSA) is 73.3 Å². The highest BCUT2D eigenvalue weighted by Crippen LogP contribution is 2.28. The molecule has 6 nitrogen and oxygen atoms in total. The second kappa shape index (κ2) is 6.45. The SMILES string of the molecule is Cc1ncc2c(n1)CCC[C@@H]2NC(=O)[C@@H]1CO[C@@H]2C=CC=C[C@@H]2O1. The van der Waals surface area contributed by atoms with Crippen molar-refractivity contribution >= 4 is 5.91 Å². The van der Waals surface area contributed by atoms with E-state index in [9.17, 15) is 4.79 Å². The van der Waals surface area contributed by atoms with Gasteiger partial charge in [0.2, 0.25) is 0 Å². The van der Waals surface area contributed by atoms with E-state index >= 15 is 0 Å². The van der Waals surface area contributed by atoms with E-state index in [0.29, 0.717) is 0 Å². The van der Waals surface area contributed by atoms with Crippen molar-refractivity contribution in [1.82, 2.24) is 15.3 Å². The third-order valence-corrected chi connectivity index (χ3v) is 4.71. The number of hydrogen-bond acceptors (Lipinski definition) is 5. The minimum absolute atomic E-state index is 0.0510. The van der Waals surface area contributed by atoms with Gasteiger partial charge in [-0.2, -0.15) is 0 Å². The quantitative estimate of drug-likeness (QED) is 0.892. The molecule has 2 aliphatic carbocycles. The molecule has 0 spiro atoms. The van der Waals surface area contributed by atoms with Crippen molar-refractivity contribution in [3.8, 4) is 0 Å². The Bertz CT molecular complexity index is 701. The molecule has 6 heteroatoms. The molecule has 126 valence electrons. The number of fused-ring (bicyclic) bond motifs is 2. The number of amides is 1. The van der Waals surface area contributed by atoms with Gasteiger partial charge in [0, 0.05) is 17.5 Å². The van der Waals surface area contributed by atoms with E-state index in [4.69, 9.17) is 9.47 Å². The van der Waals surface area contributed by atoms with Crippen LogP contribution in [0.1, 0.15) is 36.0 Å². The molecule has 4 rings (SSSR count). The van der Waals surface area contributed by atoms with Gasteiger partial charge in [-0.25, -0.2) is 9.97 Å². The third kappa shape index (κ3) is 2.99. The van der Waals surface area contributed by atoms with E-state index in [1.165, 1.54) is 0 Å². The van der Waals surface area contributed by atoms with Crippen molar-refractivity contribution in [3.05, 3.63) is 47.6 Å². The number of aromatic nitrogens is 2. The van der Waals surface area contributed by atoms with Crippen LogP contribution in [0, 0.1) is 6.92 Å². The number of aryl methyl sites for hydroxylation is 2. The van der Waals surface area contributed by atoms with Crippen LogP contribution in [0.4, 0.5) is 0 Å². The van der Waals surface area contributed by atoms with E-state index in [1.54, 1.807) is 0 Å². The molecule has 0 saturated carbocycles. The van der Waals surface area contributed by atoms with Gasteiger partial charge in [0.25, 0.3) is 5.91 Å². The molecule has 24 heavy (non-hydrogen) atoms. The average molecular weight is 327 g/mol. The Kier molecular flexibility index (Phi) is 4.16. The molecule has 1 aromatic heterocycles. The van der Waals surface area contributed by atoms with Crippen molar-refractivity contribution in [2.24, 2.45) is 0 Å². The molecule has 3 aliphatic rings. The van der Waals surface area contributed by atoms with Gasteiger partial charge in [-0.1, -0.05) is 24.3 Å². The Morgan fingerprint density at radius 3 is 3.00 bits per heavy atom. The summed E-state index contributed by atoms with van der Waals surface area (Å²) in [4.78, 5) is 21.4. The fraction of sp³-hybridized carbons (Fsp3) is 0.500. The highest BCUT2D eigenvalue weighted by atomic mass is 16.6. The minimum atomic E-state index is -0.584. The Hall–Kier alpha value is -2.05. The molecular formula is C18H21N3O3. The highest BCUT2D eigenvalue weighted by molar-refractivity contribution is 5.81. The molecule has 1 N–H and O–H groups in total. The van der Waals surface area contributed by atoms with Crippen molar-refractivity contribution in [1.29, 1.82) is 0 Å². The van der Waals surface area contributed by atoms with Crippen LogP contribution in [-0.2, 0) is 20.7 Å². The van der Waals surface area contributed by atoms with Gasteiger partial charge in [0.1, 0.15) is 18.0 Å². The lowest BCUT2D eigenvalue weighted by Gasteiger charge is -2.35. The molecule has 1 fully saturated rings. The largest absolute Gasteiger partial charge is 0.368 e.